The smallest absolute Gasteiger partial charge is 0.299 e. The van der Waals surface area contributed by atoms with Crippen LogP contribution in [0.25, 0.3) is 0 Å². The molecule has 0 aliphatic rings. The molecule has 0 aromatic heterocycles. The van der Waals surface area contributed by atoms with E-state index in [-0.39, 0.29) is 6.04 Å². The van der Waals surface area contributed by atoms with Crippen LogP contribution in [0.5, 0.6) is 5.75 Å². The van der Waals surface area contributed by atoms with Crippen LogP contribution in [0, 0.1) is 0 Å². The molecular formula is C10H15BrN2O3S. The molecule has 5 nitrogen and oxygen atoms in total. The fourth-order valence-corrected chi connectivity index (χ4v) is 2.73. The molecule has 1 rings (SSSR count). The van der Waals surface area contributed by atoms with Crippen LogP contribution in [0.1, 0.15) is 13.8 Å². The standard InChI is InChI=1S/C10H15BrN2O3S/c1-7(2)12-17(14,15)13-9-6-8(11)4-5-10(9)16-3/h4-7,12-13H,1-3H3. The topological polar surface area (TPSA) is 67.4 Å². The minimum atomic E-state index is -3.58. The number of hydrogen-bond acceptors (Lipinski definition) is 3. The Bertz CT molecular complexity index is 488. The summed E-state index contributed by atoms with van der Waals surface area (Å²) in [4.78, 5) is 0. The highest BCUT2D eigenvalue weighted by Crippen LogP contribution is 2.28. The Hall–Kier alpha value is -0.790. The van der Waals surface area contributed by atoms with Crippen molar-refractivity contribution in [1.82, 2.24) is 4.72 Å². The fraction of sp³-hybridized carbons (Fsp3) is 0.400. The average molecular weight is 323 g/mol. The van der Waals surface area contributed by atoms with E-state index in [4.69, 9.17) is 4.74 Å². The highest BCUT2D eigenvalue weighted by molar-refractivity contribution is 9.10. The van der Waals surface area contributed by atoms with Gasteiger partial charge in [0.15, 0.2) is 0 Å². The van der Waals surface area contributed by atoms with Gasteiger partial charge in [-0.15, -0.1) is 0 Å². The van der Waals surface area contributed by atoms with Crippen LogP contribution in [0.2, 0.25) is 0 Å². The normalized spacial score (nSPS) is 11.6. The van der Waals surface area contributed by atoms with Gasteiger partial charge in [-0.3, -0.25) is 4.72 Å². The molecule has 2 N–H and O–H groups in total. The number of benzene rings is 1. The number of nitrogens with one attached hydrogen (secondary N) is 2. The molecule has 0 radical (unpaired) electrons. The Morgan fingerprint density at radius 1 is 1.35 bits per heavy atom. The maximum Gasteiger partial charge on any atom is 0.299 e. The third kappa shape index (κ3) is 4.53. The number of ether oxygens (including phenoxy) is 1. The van der Waals surface area contributed by atoms with Crippen molar-refractivity contribution >= 4 is 31.8 Å². The van der Waals surface area contributed by atoms with E-state index in [2.05, 4.69) is 25.4 Å². The van der Waals surface area contributed by atoms with Crippen molar-refractivity contribution in [2.75, 3.05) is 11.8 Å². The molecule has 96 valence electrons. The predicted molar refractivity (Wildman–Crippen MR) is 71.5 cm³/mol. The van der Waals surface area contributed by atoms with Crippen molar-refractivity contribution in [2.24, 2.45) is 0 Å². The summed E-state index contributed by atoms with van der Waals surface area (Å²) < 4.78 is 34.1. The fourth-order valence-electron chi connectivity index (χ4n) is 1.24. The number of halogens is 1. The Morgan fingerprint density at radius 2 is 2.00 bits per heavy atom. The van der Waals surface area contributed by atoms with Crippen LogP contribution in [0.3, 0.4) is 0 Å². The van der Waals surface area contributed by atoms with Gasteiger partial charge < -0.3 is 4.74 Å². The zero-order chi connectivity index (χ0) is 13.1. The summed E-state index contributed by atoms with van der Waals surface area (Å²) in [6.07, 6.45) is 0. The van der Waals surface area contributed by atoms with Crippen molar-refractivity contribution in [3.05, 3.63) is 22.7 Å². The summed E-state index contributed by atoms with van der Waals surface area (Å²) in [7, 11) is -2.10. The SMILES string of the molecule is COc1ccc(Br)cc1NS(=O)(=O)NC(C)C. The molecule has 0 amide bonds. The summed E-state index contributed by atoms with van der Waals surface area (Å²) >= 11 is 3.27. The van der Waals surface area contributed by atoms with Crippen molar-refractivity contribution in [2.45, 2.75) is 19.9 Å². The molecule has 0 atom stereocenters. The van der Waals surface area contributed by atoms with Crippen LogP contribution in [0.15, 0.2) is 22.7 Å². The molecule has 1 aromatic rings. The summed E-state index contributed by atoms with van der Waals surface area (Å²) in [6, 6.07) is 4.91. The molecule has 7 heteroatoms. The van der Waals surface area contributed by atoms with Crippen molar-refractivity contribution in [1.29, 1.82) is 0 Å². The van der Waals surface area contributed by atoms with E-state index in [0.717, 1.165) is 4.47 Å². The van der Waals surface area contributed by atoms with Crippen LogP contribution in [-0.4, -0.2) is 21.6 Å². The summed E-state index contributed by atoms with van der Waals surface area (Å²) in [5.74, 6) is 0.460. The molecule has 0 bridgehead atoms. The monoisotopic (exact) mass is 322 g/mol. The first-order valence-electron chi connectivity index (χ1n) is 4.97. The highest BCUT2D eigenvalue weighted by Gasteiger charge is 2.14. The Labute approximate surface area is 110 Å². The Balaban J connectivity index is 2.98. The lowest BCUT2D eigenvalue weighted by molar-refractivity contribution is 0.416. The largest absolute Gasteiger partial charge is 0.495 e. The molecule has 0 aliphatic carbocycles. The number of hydrogen-bond donors (Lipinski definition) is 2. The predicted octanol–water partition coefficient (Wildman–Crippen LogP) is 2.11. The van der Waals surface area contributed by atoms with Gasteiger partial charge >= 0.3 is 0 Å². The van der Waals surface area contributed by atoms with E-state index in [1.165, 1.54) is 7.11 Å². The molecule has 0 saturated carbocycles. The quantitative estimate of drug-likeness (QED) is 0.872. The van der Waals surface area contributed by atoms with Crippen molar-refractivity contribution in [3.63, 3.8) is 0 Å². The lowest BCUT2D eigenvalue weighted by Gasteiger charge is -2.14. The van der Waals surface area contributed by atoms with Gasteiger partial charge in [0, 0.05) is 10.5 Å². The number of rotatable bonds is 5. The zero-order valence-corrected chi connectivity index (χ0v) is 12.2. The molecule has 0 saturated heterocycles. The van der Waals surface area contributed by atoms with Gasteiger partial charge in [-0.25, -0.2) is 0 Å². The third-order valence-electron chi connectivity index (χ3n) is 1.80. The number of methoxy groups -OCH3 is 1. The van der Waals surface area contributed by atoms with Gasteiger partial charge in [0.25, 0.3) is 10.2 Å². The van der Waals surface area contributed by atoms with Gasteiger partial charge in [-0.05, 0) is 32.0 Å². The maximum atomic E-state index is 11.7. The first-order chi connectivity index (χ1) is 7.84. The first-order valence-corrected chi connectivity index (χ1v) is 7.25. The lowest BCUT2D eigenvalue weighted by Crippen LogP contribution is -2.35. The van der Waals surface area contributed by atoms with Gasteiger partial charge in [0.05, 0.1) is 12.8 Å². The van der Waals surface area contributed by atoms with Gasteiger partial charge in [-0.1, -0.05) is 15.9 Å². The van der Waals surface area contributed by atoms with E-state index in [0.29, 0.717) is 11.4 Å². The van der Waals surface area contributed by atoms with E-state index in [9.17, 15) is 8.42 Å². The van der Waals surface area contributed by atoms with Crippen LogP contribution < -0.4 is 14.2 Å². The summed E-state index contributed by atoms with van der Waals surface area (Å²) in [5.41, 5.74) is 0.384. The summed E-state index contributed by atoms with van der Waals surface area (Å²) in [5, 5.41) is 0. The second-order valence-electron chi connectivity index (χ2n) is 3.72. The maximum absolute atomic E-state index is 11.7. The van der Waals surface area contributed by atoms with Gasteiger partial charge in [0.1, 0.15) is 5.75 Å². The van der Waals surface area contributed by atoms with Crippen LogP contribution in [0.4, 0.5) is 5.69 Å². The Kier molecular flexibility index (Phi) is 4.79. The van der Waals surface area contributed by atoms with E-state index in [1.807, 2.05) is 0 Å². The number of anilines is 1. The molecular weight excluding hydrogens is 308 g/mol. The molecule has 17 heavy (non-hydrogen) atoms. The van der Waals surface area contributed by atoms with Crippen molar-refractivity contribution < 1.29 is 13.2 Å². The van der Waals surface area contributed by atoms with Gasteiger partial charge in [-0.2, -0.15) is 13.1 Å². The first kappa shape index (κ1) is 14.3. The van der Waals surface area contributed by atoms with E-state index >= 15 is 0 Å². The van der Waals surface area contributed by atoms with Crippen molar-refractivity contribution in [3.8, 4) is 5.75 Å². The molecule has 1 aromatic carbocycles. The minimum absolute atomic E-state index is 0.175. The minimum Gasteiger partial charge on any atom is -0.495 e. The molecule has 0 fully saturated rings. The second-order valence-corrected chi connectivity index (χ2v) is 6.09. The lowest BCUT2D eigenvalue weighted by atomic mass is 10.3. The molecule has 0 unspecified atom stereocenters. The second kappa shape index (κ2) is 5.70. The van der Waals surface area contributed by atoms with Crippen LogP contribution >= 0.6 is 15.9 Å². The van der Waals surface area contributed by atoms with E-state index in [1.54, 1.807) is 32.0 Å². The molecule has 0 heterocycles. The molecule has 0 aliphatic heterocycles. The highest BCUT2D eigenvalue weighted by atomic mass is 79.9. The van der Waals surface area contributed by atoms with Gasteiger partial charge in [0.2, 0.25) is 0 Å². The average Bonchev–Trinajstić information content (AvgIpc) is 2.14. The molecule has 0 spiro atoms. The Morgan fingerprint density at radius 3 is 2.53 bits per heavy atom. The summed E-state index contributed by atoms with van der Waals surface area (Å²) in [6.45, 7) is 3.49. The third-order valence-corrected chi connectivity index (χ3v) is 3.56. The van der Waals surface area contributed by atoms with Crippen LogP contribution in [-0.2, 0) is 10.2 Å². The zero-order valence-electron chi connectivity index (χ0n) is 9.82. The van der Waals surface area contributed by atoms with E-state index < -0.39 is 10.2 Å².